The Bertz CT molecular complexity index is 1300. The van der Waals surface area contributed by atoms with Gasteiger partial charge in [0.15, 0.2) is 0 Å². The summed E-state index contributed by atoms with van der Waals surface area (Å²) in [4.78, 5) is 19.7. The van der Waals surface area contributed by atoms with Crippen LogP contribution in [0.1, 0.15) is 29.3 Å². The lowest BCUT2D eigenvalue weighted by molar-refractivity contribution is -0.117. The van der Waals surface area contributed by atoms with Crippen LogP contribution in [0, 0.1) is 6.92 Å². The Morgan fingerprint density at radius 2 is 1.88 bits per heavy atom. The molecule has 6 heteroatoms. The van der Waals surface area contributed by atoms with Gasteiger partial charge in [0.25, 0.3) is 0 Å². The minimum absolute atomic E-state index is 0.0254. The second-order valence-corrected chi connectivity index (χ2v) is 8.66. The van der Waals surface area contributed by atoms with Gasteiger partial charge in [0.2, 0.25) is 5.91 Å². The number of hydrogen-bond acceptors (Lipinski definition) is 3. The van der Waals surface area contributed by atoms with Gasteiger partial charge in [-0.1, -0.05) is 53.6 Å². The second kappa shape index (κ2) is 8.32. The third kappa shape index (κ3) is 3.73. The number of amides is 1. The van der Waals surface area contributed by atoms with E-state index in [1.165, 1.54) is 11.1 Å². The molecule has 1 aliphatic rings. The molecule has 0 radical (unpaired) electrons. The van der Waals surface area contributed by atoms with Crippen LogP contribution in [0.2, 0.25) is 5.02 Å². The molecule has 0 bridgehead atoms. The fraction of sp³-hybridized carbons (Fsp3) is 0.231. The van der Waals surface area contributed by atoms with Gasteiger partial charge in [-0.25, -0.2) is 4.98 Å². The quantitative estimate of drug-likeness (QED) is 0.403. The van der Waals surface area contributed by atoms with Crippen LogP contribution in [0.25, 0.3) is 11.0 Å². The zero-order valence-electron chi connectivity index (χ0n) is 18.1. The van der Waals surface area contributed by atoms with Crippen molar-refractivity contribution < 1.29 is 9.53 Å². The van der Waals surface area contributed by atoms with Gasteiger partial charge in [-0.3, -0.25) is 4.79 Å². The molecule has 32 heavy (non-hydrogen) atoms. The molecule has 5 nitrogen and oxygen atoms in total. The van der Waals surface area contributed by atoms with E-state index in [0.29, 0.717) is 36.0 Å². The van der Waals surface area contributed by atoms with Crippen LogP contribution in [0.5, 0.6) is 5.75 Å². The van der Waals surface area contributed by atoms with Crippen molar-refractivity contribution in [3.05, 3.63) is 88.7 Å². The van der Waals surface area contributed by atoms with Crippen LogP contribution in [-0.2, 0) is 11.3 Å². The van der Waals surface area contributed by atoms with E-state index in [-0.39, 0.29) is 11.8 Å². The van der Waals surface area contributed by atoms with E-state index < -0.39 is 0 Å². The highest BCUT2D eigenvalue weighted by Gasteiger charge is 2.35. The molecule has 1 saturated heterocycles. The minimum Gasteiger partial charge on any atom is -0.497 e. The van der Waals surface area contributed by atoms with Gasteiger partial charge < -0.3 is 14.2 Å². The number of aromatic nitrogens is 2. The largest absolute Gasteiger partial charge is 0.497 e. The summed E-state index contributed by atoms with van der Waals surface area (Å²) in [5, 5.41) is 0.535. The van der Waals surface area contributed by atoms with Crippen molar-refractivity contribution in [1.29, 1.82) is 0 Å². The van der Waals surface area contributed by atoms with Crippen LogP contribution in [0.4, 0.5) is 5.69 Å². The highest BCUT2D eigenvalue weighted by atomic mass is 35.5. The maximum atomic E-state index is 13.0. The average Bonchev–Trinajstić information content (AvgIpc) is 3.36. The molecule has 1 fully saturated rings. The van der Waals surface area contributed by atoms with E-state index in [1.807, 2.05) is 24.3 Å². The van der Waals surface area contributed by atoms with Crippen molar-refractivity contribution in [3.8, 4) is 5.75 Å². The molecule has 1 aliphatic heterocycles. The number of anilines is 1. The Morgan fingerprint density at radius 1 is 1.09 bits per heavy atom. The van der Waals surface area contributed by atoms with Gasteiger partial charge in [-0.05, 0) is 36.8 Å². The molecule has 1 amide bonds. The maximum Gasteiger partial charge on any atom is 0.227 e. The number of hydrogen-bond donors (Lipinski definition) is 0. The summed E-state index contributed by atoms with van der Waals surface area (Å²) < 4.78 is 7.58. The van der Waals surface area contributed by atoms with E-state index in [1.54, 1.807) is 24.1 Å². The van der Waals surface area contributed by atoms with Crippen LogP contribution in [0.3, 0.4) is 0 Å². The van der Waals surface area contributed by atoms with Crippen molar-refractivity contribution in [3.63, 3.8) is 0 Å². The number of imidazole rings is 1. The highest BCUT2D eigenvalue weighted by molar-refractivity contribution is 6.34. The molecular formula is C26H24ClN3O2. The van der Waals surface area contributed by atoms with Gasteiger partial charge in [0.05, 0.1) is 28.9 Å². The maximum absolute atomic E-state index is 13.0. The smallest absolute Gasteiger partial charge is 0.227 e. The monoisotopic (exact) mass is 445 g/mol. The minimum atomic E-state index is -0.0254. The molecule has 0 aliphatic carbocycles. The number of ether oxygens (including phenoxy) is 1. The fourth-order valence-corrected chi connectivity index (χ4v) is 4.61. The number of benzene rings is 3. The summed E-state index contributed by atoms with van der Waals surface area (Å²) in [5.74, 6) is 1.62. The van der Waals surface area contributed by atoms with Crippen LogP contribution in [0.15, 0.2) is 66.7 Å². The Kier molecular flexibility index (Phi) is 5.35. The van der Waals surface area contributed by atoms with E-state index in [4.69, 9.17) is 21.3 Å². The standard InChI is InChI=1S/C26H24ClN3O2/c1-17-7-9-18(10-8-17)15-30-23-6-4-3-5-22(23)28-26(30)19-13-25(31)29(16-19)24-14-20(32-2)11-12-21(24)27/h3-12,14,19H,13,15-16H2,1-2H3/t19-/m0/s1. The molecule has 5 rings (SSSR count). The molecule has 3 aromatic carbocycles. The number of para-hydroxylation sites is 2. The Morgan fingerprint density at radius 3 is 2.66 bits per heavy atom. The van der Waals surface area contributed by atoms with Crippen LogP contribution >= 0.6 is 11.6 Å². The van der Waals surface area contributed by atoms with Gasteiger partial charge in [0.1, 0.15) is 11.6 Å². The number of fused-ring (bicyclic) bond motifs is 1. The SMILES string of the molecule is COc1ccc(Cl)c(N2C[C@@H](c3nc4ccccc4n3Cc3ccc(C)cc3)CC2=O)c1. The predicted octanol–water partition coefficient (Wildman–Crippen LogP) is 5.58. The molecule has 162 valence electrons. The Balaban J connectivity index is 1.52. The number of halogens is 1. The normalized spacial score (nSPS) is 16.2. The number of carbonyl (C=O) groups is 1. The summed E-state index contributed by atoms with van der Waals surface area (Å²) in [6.45, 7) is 3.33. The van der Waals surface area contributed by atoms with Gasteiger partial charge in [0, 0.05) is 31.5 Å². The molecule has 2 heterocycles. The number of nitrogens with zero attached hydrogens (tertiary/aromatic N) is 3. The van der Waals surface area contributed by atoms with Crippen molar-refractivity contribution in [2.45, 2.75) is 25.8 Å². The summed E-state index contributed by atoms with van der Waals surface area (Å²) in [7, 11) is 1.61. The molecule has 1 aromatic heterocycles. The Hall–Kier alpha value is -3.31. The lowest BCUT2D eigenvalue weighted by Crippen LogP contribution is -2.25. The molecule has 0 saturated carbocycles. The zero-order chi connectivity index (χ0) is 22.2. The topological polar surface area (TPSA) is 47.4 Å². The first-order valence-corrected chi connectivity index (χ1v) is 11.1. The van der Waals surface area contributed by atoms with Crippen molar-refractivity contribution in [1.82, 2.24) is 9.55 Å². The number of methoxy groups -OCH3 is 1. The van der Waals surface area contributed by atoms with E-state index in [9.17, 15) is 4.79 Å². The number of rotatable bonds is 5. The highest BCUT2D eigenvalue weighted by Crippen LogP contribution is 2.38. The van der Waals surface area contributed by atoms with Crippen LogP contribution in [-0.4, -0.2) is 29.1 Å². The molecule has 0 spiro atoms. The lowest BCUT2D eigenvalue weighted by atomic mass is 10.1. The Labute approximate surface area is 192 Å². The summed E-state index contributed by atoms with van der Waals surface area (Å²) in [6, 6.07) is 22.1. The summed E-state index contributed by atoms with van der Waals surface area (Å²) in [6.07, 6.45) is 0.394. The lowest BCUT2D eigenvalue weighted by Gasteiger charge is -2.19. The first kappa shape index (κ1) is 20.6. The first-order chi connectivity index (χ1) is 15.5. The fourth-order valence-electron chi connectivity index (χ4n) is 4.39. The van der Waals surface area contributed by atoms with E-state index >= 15 is 0 Å². The zero-order valence-corrected chi connectivity index (χ0v) is 18.8. The second-order valence-electron chi connectivity index (χ2n) is 8.25. The third-order valence-electron chi connectivity index (χ3n) is 6.08. The first-order valence-electron chi connectivity index (χ1n) is 10.7. The molecule has 4 aromatic rings. The predicted molar refractivity (Wildman–Crippen MR) is 128 cm³/mol. The third-order valence-corrected chi connectivity index (χ3v) is 6.40. The number of aryl methyl sites for hydroxylation is 1. The van der Waals surface area contributed by atoms with E-state index in [2.05, 4.69) is 41.8 Å². The molecule has 0 unspecified atom stereocenters. The van der Waals surface area contributed by atoms with Crippen molar-refractivity contribution >= 4 is 34.2 Å². The molecule has 0 N–H and O–H groups in total. The van der Waals surface area contributed by atoms with Crippen LogP contribution < -0.4 is 9.64 Å². The summed E-state index contributed by atoms with van der Waals surface area (Å²) >= 11 is 6.44. The molecule has 1 atom stereocenters. The van der Waals surface area contributed by atoms with E-state index in [0.717, 1.165) is 16.9 Å². The average molecular weight is 446 g/mol. The molecular weight excluding hydrogens is 422 g/mol. The summed E-state index contributed by atoms with van der Waals surface area (Å²) in [5.41, 5.74) is 5.14. The number of carbonyl (C=O) groups excluding carboxylic acids is 1. The van der Waals surface area contributed by atoms with Gasteiger partial charge in [-0.2, -0.15) is 0 Å². The van der Waals surface area contributed by atoms with Gasteiger partial charge >= 0.3 is 0 Å². The van der Waals surface area contributed by atoms with Crippen molar-refractivity contribution in [2.24, 2.45) is 0 Å². The van der Waals surface area contributed by atoms with Crippen molar-refractivity contribution in [2.75, 3.05) is 18.6 Å². The van der Waals surface area contributed by atoms with Gasteiger partial charge in [-0.15, -0.1) is 0 Å².